The van der Waals surface area contributed by atoms with Gasteiger partial charge in [0.2, 0.25) is 0 Å². The molecule has 0 spiro atoms. The van der Waals surface area contributed by atoms with E-state index in [0.29, 0.717) is 0 Å². The van der Waals surface area contributed by atoms with Crippen LogP contribution in [0.3, 0.4) is 0 Å². The first-order valence-corrected chi connectivity index (χ1v) is 6.00. The minimum absolute atomic E-state index is 0.0237. The first-order chi connectivity index (χ1) is 5.36. The first kappa shape index (κ1) is 8.90. The first-order valence-electron chi connectivity index (χ1n) is 3.84. The second-order valence-corrected chi connectivity index (χ2v) is 4.74. The molecule has 3 heteroatoms. The quantitative estimate of drug-likeness (QED) is 0.601. The van der Waals surface area contributed by atoms with Crippen molar-refractivity contribution in [3.05, 3.63) is 11.9 Å². The number of halogens is 1. The van der Waals surface area contributed by atoms with Gasteiger partial charge in [-0.3, -0.25) is 4.99 Å². The van der Waals surface area contributed by atoms with Crippen LogP contribution in [0.2, 0.25) is 0 Å². The molecule has 1 aliphatic heterocycles. The summed E-state index contributed by atoms with van der Waals surface area (Å²) in [4.78, 5) is 4.22. The topological polar surface area (TPSA) is 24.4 Å². The maximum Gasteiger partial charge on any atom is 0.0464 e. The summed E-state index contributed by atoms with van der Waals surface area (Å²) in [6, 6.07) is 0. The van der Waals surface area contributed by atoms with E-state index in [9.17, 15) is 0 Å². The van der Waals surface area contributed by atoms with Crippen molar-refractivity contribution in [3.8, 4) is 0 Å². The molecule has 0 radical (unpaired) electrons. The van der Waals surface area contributed by atoms with Gasteiger partial charge in [0, 0.05) is 42.6 Å². The summed E-state index contributed by atoms with van der Waals surface area (Å²) in [6.45, 7) is 4.33. The fraction of sp³-hybridized carbons (Fsp3) is 0.500. The second kappa shape index (κ2) is 4.64. The third kappa shape index (κ3) is 2.73. The fourth-order valence-corrected chi connectivity index (χ4v) is 2.59. The molecule has 1 heterocycles. The van der Waals surface area contributed by atoms with Gasteiger partial charge >= 0.3 is 0 Å². The number of nitrogens with zero attached hydrogens (tertiary/aromatic N) is 1. The Morgan fingerprint density at radius 2 is 2.27 bits per heavy atom. The van der Waals surface area contributed by atoms with Crippen LogP contribution in [0, 0.1) is 0 Å². The zero-order chi connectivity index (χ0) is 8.10. The van der Waals surface area contributed by atoms with E-state index < -0.39 is 0 Å². The molecule has 0 saturated heterocycles. The van der Waals surface area contributed by atoms with Crippen molar-refractivity contribution in [2.45, 2.75) is 26.7 Å². The Morgan fingerprint density at radius 1 is 1.45 bits per heavy atom. The largest absolute Gasteiger partial charge is 0.336 e. The van der Waals surface area contributed by atoms with E-state index in [1.807, 2.05) is 12.4 Å². The Labute approximate surface area is 77.9 Å². The van der Waals surface area contributed by atoms with Gasteiger partial charge in [-0.1, -0.05) is 13.8 Å². The number of hydrogen-bond donors (Lipinski definition) is 1. The summed E-state index contributed by atoms with van der Waals surface area (Å²) < 4.78 is 4.92. The normalized spacial score (nSPS) is 17.3. The molecule has 0 amide bonds. The molecule has 11 heavy (non-hydrogen) atoms. The van der Waals surface area contributed by atoms with E-state index in [1.54, 1.807) is 0 Å². The average molecular weight is 264 g/mol. The van der Waals surface area contributed by atoms with Gasteiger partial charge < -0.3 is 3.53 Å². The van der Waals surface area contributed by atoms with Gasteiger partial charge in [-0.15, -0.1) is 0 Å². The molecule has 0 aliphatic carbocycles. The lowest BCUT2D eigenvalue weighted by atomic mass is 10.3. The fourth-order valence-electron chi connectivity index (χ4n) is 0.694. The van der Waals surface area contributed by atoms with Crippen LogP contribution in [-0.4, -0.2) is 9.72 Å². The van der Waals surface area contributed by atoms with Gasteiger partial charge in [0.15, 0.2) is 0 Å². The highest BCUT2D eigenvalue weighted by Crippen LogP contribution is 2.08. The number of aliphatic imine (C=N–C) groups is 1. The summed E-state index contributed by atoms with van der Waals surface area (Å²) in [5.74, 6) is 0. The van der Waals surface area contributed by atoms with Crippen molar-refractivity contribution in [1.29, 1.82) is 0 Å². The Hall–Kier alpha value is -0.190. The van der Waals surface area contributed by atoms with Crippen molar-refractivity contribution in [2.24, 2.45) is 4.99 Å². The maximum atomic E-state index is 4.22. The molecule has 1 rings (SSSR count). The van der Waals surface area contributed by atoms with Crippen molar-refractivity contribution in [1.82, 2.24) is 3.53 Å². The molecule has 0 unspecified atom stereocenters. The summed E-state index contributed by atoms with van der Waals surface area (Å²) in [5, 5.41) is 0. The van der Waals surface area contributed by atoms with Crippen LogP contribution in [0.4, 0.5) is 0 Å². The van der Waals surface area contributed by atoms with Crippen molar-refractivity contribution >= 4 is 30.7 Å². The number of rotatable bonds is 2. The van der Waals surface area contributed by atoms with Crippen LogP contribution >= 0.6 is 21.0 Å². The molecule has 62 valence electrons. The number of allylic oxidation sites excluding steroid dienone is 1. The standard InChI is InChI=1S/C8H13IN2/c1-3-7-5-10-6-8(4-2)11-9-7/h5-6,11H,3-4H2,1-2H3. The molecule has 0 saturated carbocycles. The van der Waals surface area contributed by atoms with Crippen LogP contribution in [-0.2, 0) is 0 Å². The maximum absolute atomic E-state index is 4.22. The molecular weight excluding hydrogens is 251 g/mol. The predicted molar refractivity (Wildman–Crippen MR) is 59.3 cm³/mol. The van der Waals surface area contributed by atoms with Crippen molar-refractivity contribution < 1.29 is 0 Å². The summed E-state index contributed by atoms with van der Waals surface area (Å²) in [6.07, 6.45) is 6.13. The molecule has 0 aromatic heterocycles. The molecule has 0 aromatic rings. The Kier molecular flexibility index (Phi) is 3.76. The predicted octanol–water partition coefficient (Wildman–Crippen LogP) is 2.38. The highest BCUT2D eigenvalue weighted by Gasteiger charge is 1.96. The van der Waals surface area contributed by atoms with E-state index in [0.717, 1.165) is 12.8 Å². The smallest absolute Gasteiger partial charge is 0.0464 e. The van der Waals surface area contributed by atoms with E-state index >= 15 is 0 Å². The second-order valence-electron chi connectivity index (χ2n) is 2.28. The van der Waals surface area contributed by atoms with Gasteiger partial charge in [-0.2, -0.15) is 0 Å². The summed E-state index contributed by atoms with van der Waals surface area (Å²) in [5.41, 5.74) is 1.28. The SMILES string of the molecule is CCC1=CN=CC(CC)=IN1. The van der Waals surface area contributed by atoms with Gasteiger partial charge in [-0.25, -0.2) is 0 Å². The Balaban J connectivity index is 2.66. The van der Waals surface area contributed by atoms with E-state index in [-0.39, 0.29) is 21.0 Å². The summed E-state index contributed by atoms with van der Waals surface area (Å²) in [7, 11) is 0. The minimum atomic E-state index is 0.0237. The number of nitrogens with one attached hydrogen (secondary N) is 1. The molecule has 0 fully saturated rings. The monoisotopic (exact) mass is 264 g/mol. The zero-order valence-corrected chi connectivity index (χ0v) is 9.05. The Bertz CT molecular complexity index is 216. The lowest BCUT2D eigenvalue weighted by Crippen LogP contribution is -1.99. The van der Waals surface area contributed by atoms with E-state index in [1.165, 1.54) is 9.21 Å². The highest BCUT2D eigenvalue weighted by atomic mass is 127. The molecular formula is C8H13IN2. The lowest BCUT2D eigenvalue weighted by Gasteiger charge is -1.99. The molecule has 0 aromatic carbocycles. The zero-order valence-electron chi connectivity index (χ0n) is 6.89. The summed E-state index contributed by atoms with van der Waals surface area (Å²) >= 11 is 0.0237. The van der Waals surface area contributed by atoms with Crippen LogP contribution in [0.25, 0.3) is 0 Å². The lowest BCUT2D eigenvalue weighted by molar-refractivity contribution is 1.03. The van der Waals surface area contributed by atoms with Crippen molar-refractivity contribution in [3.63, 3.8) is 0 Å². The van der Waals surface area contributed by atoms with Gasteiger partial charge in [0.1, 0.15) is 0 Å². The Morgan fingerprint density at radius 3 is 2.91 bits per heavy atom. The van der Waals surface area contributed by atoms with Crippen LogP contribution in [0.5, 0.6) is 0 Å². The van der Waals surface area contributed by atoms with Crippen LogP contribution < -0.4 is 3.53 Å². The molecule has 1 N–H and O–H groups in total. The van der Waals surface area contributed by atoms with Crippen LogP contribution in [0.15, 0.2) is 16.9 Å². The number of hydrogen-bond acceptors (Lipinski definition) is 2. The van der Waals surface area contributed by atoms with Crippen molar-refractivity contribution in [2.75, 3.05) is 0 Å². The molecule has 1 aliphatic rings. The van der Waals surface area contributed by atoms with E-state index in [4.69, 9.17) is 0 Å². The molecule has 2 nitrogen and oxygen atoms in total. The molecule has 0 atom stereocenters. The molecule has 0 bridgehead atoms. The average Bonchev–Trinajstić information content (AvgIpc) is 2.28. The third-order valence-corrected chi connectivity index (χ3v) is 4.15. The van der Waals surface area contributed by atoms with Gasteiger partial charge in [-0.05, 0) is 12.8 Å². The minimum Gasteiger partial charge on any atom is -0.336 e. The van der Waals surface area contributed by atoms with Gasteiger partial charge in [0.25, 0.3) is 0 Å². The van der Waals surface area contributed by atoms with E-state index in [2.05, 4.69) is 22.4 Å². The van der Waals surface area contributed by atoms with Gasteiger partial charge in [0.05, 0.1) is 0 Å². The highest BCUT2D eigenvalue weighted by molar-refractivity contribution is 14.2. The van der Waals surface area contributed by atoms with Crippen LogP contribution in [0.1, 0.15) is 26.7 Å². The third-order valence-electron chi connectivity index (χ3n) is 1.45.